The molecule has 0 atom stereocenters. The van der Waals surface area contributed by atoms with Crippen LogP contribution in [-0.4, -0.2) is 23.6 Å². The van der Waals surface area contributed by atoms with Crippen LogP contribution in [0.3, 0.4) is 0 Å². The molecule has 2 nitrogen and oxygen atoms in total. The van der Waals surface area contributed by atoms with Gasteiger partial charge in [-0.15, -0.1) is 0 Å². The predicted molar refractivity (Wildman–Crippen MR) is 74.0 cm³/mol. The summed E-state index contributed by atoms with van der Waals surface area (Å²) in [6.07, 6.45) is 3.61. The Kier molecular flexibility index (Phi) is 6.10. The van der Waals surface area contributed by atoms with E-state index in [0.717, 1.165) is 12.1 Å². The summed E-state index contributed by atoms with van der Waals surface area (Å²) in [5.41, 5.74) is 0.779. The molecule has 1 aromatic carbocycles. The molecule has 0 spiro atoms. The molecule has 0 bridgehead atoms. The molecular formula is C13H19Cl2NO. The van der Waals surface area contributed by atoms with E-state index >= 15 is 0 Å². The fraction of sp³-hybridized carbons (Fsp3) is 0.538. The van der Waals surface area contributed by atoms with Crippen LogP contribution in [0.2, 0.25) is 10.0 Å². The lowest BCUT2D eigenvalue weighted by atomic mass is 10.2. The number of hydrogen-bond acceptors (Lipinski definition) is 2. The monoisotopic (exact) mass is 275 g/mol. The molecule has 0 heterocycles. The lowest BCUT2D eigenvalue weighted by Crippen LogP contribution is -2.19. The Morgan fingerprint density at radius 2 is 1.94 bits per heavy atom. The smallest absolute Gasteiger partial charge is 0.138 e. The molecule has 0 unspecified atom stereocenters. The molecule has 0 aliphatic carbocycles. The number of halogens is 2. The van der Waals surface area contributed by atoms with E-state index in [4.69, 9.17) is 23.2 Å². The van der Waals surface area contributed by atoms with Crippen LogP contribution >= 0.6 is 23.2 Å². The summed E-state index contributed by atoms with van der Waals surface area (Å²) in [5.74, 6) is 0.137. The summed E-state index contributed by atoms with van der Waals surface area (Å²) < 4.78 is 0. The molecule has 0 saturated heterocycles. The molecule has 0 amide bonds. The van der Waals surface area contributed by atoms with Gasteiger partial charge in [0.1, 0.15) is 5.75 Å². The van der Waals surface area contributed by atoms with Crippen LogP contribution in [0.1, 0.15) is 31.7 Å². The van der Waals surface area contributed by atoms with Gasteiger partial charge in [0.2, 0.25) is 0 Å². The van der Waals surface area contributed by atoms with Gasteiger partial charge >= 0.3 is 0 Å². The Hall–Kier alpha value is -0.440. The lowest BCUT2D eigenvalue weighted by Gasteiger charge is -2.17. The summed E-state index contributed by atoms with van der Waals surface area (Å²) in [6, 6.07) is 3.32. The van der Waals surface area contributed by atoms with Gasteiger partial charge in [-0.25, -0.2) is 0 Å². The van der Waals surface area contributed by atoms with E-state index < -0.39 is 0 Å². The van der Waals surface area contributed by atoms with Gasteiger partial charge in [0.25, 0.3) is 0 Å². The van der Waals surface area contributed by atoms with Gasteiger partial charge in [-0.3, -0.25) is 0 Å². The van der Waals surface area contributed by atoms with Crippen LogP contribution in [0.15, 0.2) is 12.1 Å². The normalized spacial score (nSPS) is 11.1. The largest absolute Gasteiger partial charge is 0.506 e. The topological polar surface area (TPSA) is 23.5 Å². The molecule has 1 N–H and O–H groups in total. The first-order chi connectivity index (χ1) is 8.04. The number of benzene rings is 1. The highest BCUT2D eigenvalue weighted by Gasteiger charge is 2.09. The number of aromatic hydroxyl groups is 1. The number of phenolic OH excluding ortho intramolecular Hbond substituents is 1. The zero-order chi connectivity index (χ0) is 12.8. The maximum atomic E-state index is 9.83. The van der Waals surface area contributed by atoms with Gasteiger partial charge in [0, 0.05) is 17.1 Å². The van der Waals surface area contributed by atoms with Crippen molar-refractivity contribution in [1.82, 2.24) is 4.90 Å². The van der Waals surface area contributed by atoms with E-state index in [1.54, 1.807) is 12.1 Å². The van der Waals surface area contributed by atoms with E-state index in [0.29, 0.717) is 16.6 Å². The SMILES string of the molecule is CCCCCN(C)Cc1cc(Cl)cc(Cl)c1O. The van der Waals surface area contributed by atoms with Crippen molar-refractivity contribution in [2.45, 2.75) is 32.7 Å². The van der Waals surface area contributed by atoms with Crippen LogP contribution in [0.5, 0.6) is 5.75 Å². The molecular weight excluding hydrogens is 257 g/mol. The second-order valence-electron chi connectivity index (χ2n) is 4.34. The first-order valence-electron chi connectivity index (χ1n) is 5.90. The van der Waals surface area contributed by atoms with Crippen molar-refractivity contribution < 1.29 is 5.11 Å². The van der Waals surface area contributed by atoms with Gasteiger partial charge in [0.05, 0.1) is 5.02 Å². The molecule has 1 aromatic rings. The van der Waals surface area contributed by atoms with Crippen LogP contribution in [0.25, 0.3) is 0 Å². The molecule has 96 valence electrons. The first-order valence-corrected chi connectivity index (χ1v) is 6.65. The van der Waals surface area contributed by atoms with E-state index in [2.05, 4.69) is 11.8 Å². The summed E-state index contributed by atoms with van der Waals surface area (Å²) in [5, 5.41) is 10.7. The zero-order valence-electron chi connectivity index (χ0n) is 10.3. The Morgan fingerprint density at radius 1 is 1.24 bits per heavy atom. The summed E-state index contributed by atoms with van der Waals surface area (Å²) in [7, 11) is 2.03. The average molecular weight is 276 g/mol. The molecule has 0 aromatic heterocycles. The lowest BCUT2D eigenvalue weighted by molar-refractivity contribution is 0.312. The highest BCUT2D eigenvalue weighted by molar-refractivity contribution is 6.35. The van der Waals surface area contributed by atoms with Crippen LogP contribution in [0.4, 0.5) is 0 Å². The molecule has 0 aliphatic rings. The number of nitrogens with zero attached hydrogens (tertiary/aromatic N) is 1. The van der Waals surface area contributed by atoms with Crippen molar-refractivity contribution in [1.29, 1.82) is 0 Å². The van der Waals surface area contributed by atoms with Crippen molar-refractivity contribution in [3.8, 4) is 5.75 Å². The Morgan fingerprint density at radius 3 is 2.59 bits per heavy atom. The number of rotatable bonds is 6. The maximum Gasteiger partial charge on any atom is 0.138 e. The van der Waals surface area contributed by atoms with Crippen molar-refractivity contribution in [3.05, 3.63) is 27.7 Å². The third-order valence-corrected chi connectivity index (χ3v) is 3.20. The second-order valence-corrected chi connectivity index (χ2v) is 5.18. The Labute approximate surface area is 113 Å². The van der Waals surface area contributed by atoms with Crippen LogP contribution < -0.4 is 0 Å². The molecule has 4 heteroatoms. The van der Waals surface area contributed by atoms with E-state index in [9.17, 15) is 5.11 Å². The molecule has 0 radical (unpaired) electrons. The van der Waals surface area contributed by atoms with E-state index in [1.165, 1.54) is 19.3 Å². The fourth-order valence-electron chi connectivity index (χ4n) is 1.74. The van der Waals surface area contributed by atoms with Crippen LogP contribution in [0, 0.1) is 0 Å². The summed E-state index contributed by atoms with van der Waals surface area (Å²) in [4.78, 5) is 2.16. The quantitative estimate of drug-likeness (QED) is 0.782. The van der Waals surface area contributed by atoms with Crippen molar-refractivity contribution >= 4 is 23.2 Å². The van der Waals surface area contributed by atoms with Crippen LogP contribution in [-0.2, 0) is 6.54 Å². The number of hydrogen-bond donors (Lipinski definition) is 1. The average Bonchev–Trinajstić information content (AvgIpc) is 2.25. The first kappa shape index (κ1) is 14.6. The zero-order valence-corrected chi connectivity index (χ0v) is 11.9. The minimum Gasteiger partial charge on any atom is -0.506 e. The van der Waals surface area contributed by atoms with Gasteiger partial charge in [-0.2, -0.15) is 0 Å². The van der Waals surface area contributed by atoms with Gasteiger partial charge in [-0.1, -0.05) is 43.0 Å². The van der Waals surface area contributed by atoms with Gasteiger partial charge < -0.3 is 10.0 Å². The third-order valence-electron chi connectivity index (χ3n) is 2.69. The minimum atomic E-state index is 0.137. The summed E-state index contributed by atoms with van der Waals surface area (Å²) in [6.45, 7) is 3.86. The minimum absolute atomic E-state index is 0.137. The molecule has 1 rings (SSSR count). The Balaban J connectivity index is 2.61. The standard InChI is InChI=1S/C13H19Cl2NO/c1-3-4-5-6-16(2)9-10-7-11(14)8-12(15)13(10)17/h7-8,17H,3-6,9H2,1-2H3. The molecule has 17 heavy (non-hydrogen) atoms. The van der Waals surface area contributed by atoms with Gasteiger partial charge in [0.15, 0.2) is 0 Å². The van der Waals surface area contributed by atoms with Gasteiger partial charge in [-0.05, 0) is 32.1 Å². The summed E-state index contributed by atoms with van der Waals surface area (Å²) >= 11 is 11.8. The molecule has 0 aliphatic heterocycles. The second kappa shape index (κ2) is 7.10. The van der Waals surface area contributed by atoms with Crippen molar-refractivity contribution in [3.63, 3.8) is 0 Å². The fourth-order valence-corrected chi connectivity index (χ4v) is 2.28. The Bertz CT molecular complexity index is 369. The van der Waals surface area contributed by atoms with E-state index in [1.807, 2.05) is 7.05 Å². The number of unbranched alkanes of at least 4 members (excludes halogenated alkanes) is 2. The molecule has 0 saturated carbocycles. The third kappa shape index (κ3) is 4.74. The predicted octanol–water partition coefficient (Wildman–Crippen LogP) is 4.32. The highest BCUT2D eigenvalue weighted by atomic mass is 35.5. The van der Waals surface area contributed by atoms with Crippen molar-refractivity contribution in [2.75, 3.05) is 13.6 Å². The van der Waals surface area contributed by atoms with E-state index in [-0.39, 0.29) is 5.75 Å². The highest BCUT2D eigenvalue weighted by Crippen LogP contribution is 2.31. The molecule has 0 fully saturated rings. The number of phenols is 1. The van der Waals surface area contributed by atoms with Crippen molar-refractivity contribution in [2.24, 2.45) is 0 Å². The maximum absolute atomic E-state index is 9.83.